The highest BCUT2D eigenvalue weighted by atomic mass is 79.9. The van der Waals surface area contributed by atoms with E-state index in [4.69, 9.17) is 5.53 Å². The Morgan fingerprint density at radius 1 is 1.63 bits per heavy atom. The van der Waals surface area contributed by atoms with E-state index in [2.05, 4.69) is 37.4 Å². The van der Waals surface area contributed by atoms with Crippen LogP contribution in [0.5, 0.6) is 0 Å². The summed E-state index contributed by atoms with van der Waals surface area (Å²) >= 11 is 3.47. The molecule has 1 aromatic rings. The first kappa shape index (κ1) is 13.9. The first-order valence-electron chi connectivity index (χ1n) is 6.26. The number of carbonyl (C=O) groups is 1. The number of hydrogen-bond acceptors (Lipinski definition) is 1. The fraction of sp³-hybridized carbons (Fsp3) is 0.462. The van der Waals surface area contributed by atoms with Gasteiger partial charge in [-0.05, 0) is 63.6 Å². The molecular weight excluding hydrogens is 308 g/mol. The van der Waals surface area contributed by atoms with Gasteiger partial charge in [0.15, 0.2) is 0 Å². The molecule has 5 nitrogen and oxygen atoms in total. The molecule has 2 rings (SSSR count). The van der Waals surface area contributed by atoms with Crippen LogP contribution in [0.2, 0.25) is 0 Å². The summed E-state index contributed by atoms with van der Waals surface area (Å²) in [5.41, 5.74) is 9.14. The van der Waals surface area contributed by atoms with Crippen molar-refractivity contribution in [1.29, 1.82) is 0 Å². The Labute approximate surface area is 120 Å². The third-order valence-electron chi connectivity index (χ3n) is 3.56. The number of rotatable bonds is 3. The summed E-state index contributed by atoms with van der Waals surface area (Å²) < 4.78 is 3.18. The Balaban J connectivity index is 2.25. The molecule has 0 spiro atoms. The Morgan fingerprint density at radius 3 is 3.05 bits per heavy atom. The van der Waals surface area contributed by atoms with Crippen LogP contribution in [0.1, 0.15) is 37.9 Å². The third-order valence-corrected chi connectivity index (χ3v) is 3.99. The number of carbonyl (C=O) groups excluding carboxylic acids is 1. The van der Waals surface area contributed by atoms with Crippen molar-refractivity contribution in [2.75, 3.05) is 0 Å². The molecule has 1 fully saturated rings. The third kappa shape index (κ3) is 3.28. The van der Waals surface area contributed by atoms with Crippen LogP contribution in [0.15, 0.2) is 27.9 Å². The van der Waals surface area contributed by atoms with Gasteiger partial charge in [0.1, 0.15) is 0 Å². The molecule has 1 amide bonds. The quantitative estimate of drug-likeness (QED) is 0.350. The van der Waals surface area contributed by atoms with E-state index in [0.29, 0.717) is 12.0 Å². The number of azide groups is 1. The predicted octanol–water partition coefficient (Wildman–Crippen LogP) is 4.46. The van der Waals surface area contributed by atoms with Gasteiger partial charge in [-0.25, -0.2) is 0 Å². The number of halogens is 1. The number of aromatic nitrogens is 1. The van der Waals surface area contributed by atoms with Gasteiger partial charge >= 0.3 is 0 Å². The lowest BCUT2D eigenvalue weighted by atomic mass is 10.1. The van der Waals surface area contributed by atoms with Crippen molar-refractivity contribution in [2.45, 2.75) is 32.2 Å². The molecule has 0 bridgehead atoms. The Hall–Kier alpha value is -1.52. The summed E-state index contributed by atoms with van der Waals surface area (Å²) in [6.07, 6.45) is 8.69. The van der Waals surface area contributed by atoms with Crippen LogP contribution in [-0.2, 0) is 4.79 Å². The number of amides is 1. The molecule has 2 atom stereocenters. The van der Waals surface area contributed by atoms with E-state index >= 15 is 0 Å². The van der Waals surface area contributed by atoms with Gasteiger partial charge in [-0.3, -0.25) is 4.79 Å². The van der Waals surface area contributed by atoms with Gasteiger partial charge in [0.25, 0.3) is 0 Å². The van der Waals surface area contributed by atoms with Crippen LogP contribution in [0, 0.1) is 5.92 Å². The molecule has 0 unspecified atom stereocenters. The lowest BCUT2D eigenvalue weighted by Gasteiger charge is -2.19. The molecule has 0 radical (unpaired) electrons. The standard InChI is InChI=1S/C13H15BrN4O/c1-9-3-2-4-12(9)18-8-10(14)7-11(18)5-6-13(19)16-17-15/h5-9,12H,2-4H2,1H3/t9-,12+/m0/s1. The molecule has 1 heterocycles. The highest BCUT2D eigenvalue weighted by Gasteiger charge is 2.25. The van der Waals surface area contributed by atoms with Gasteiger partial charge in [-0.2, -0.15) is 0 Å². The van der Waals surface area contributed by atoms with E-state index in [1.165, 1.54) is 18.9 Å². The zero-order valence-electron chi connectivity index (χ0n) is 10.7. The molecule has 6 heteroatoms. The highest BCUT2D eigenvalue weighted by molar-refractivity contribution is 9.10. The van der Waals surface area contributed by atoms with Crippen LogP contribution in [-0.4, -0.2) is 10.5 Å². The average molecular weight is 323 g/mol. The van der Waals surface area contributed by atoms with E-state index in [1.54, 1.807) is 6.08 Å². The molecule has 19 heavy (non-hydrogen) atoms. The van der Waals surface area contributed by atoms with Crippen LogP contribution < -0.4 is 0 Å². The number of hydrogen-bond donors (Lipinski definition) is 0. The van der Waals surface area contributed by atoms with Crippen molar-refractivity contribution < 1.29 is 4.79 Å². The van der Waals surface area contributed by atoms with Crippen molar-refractivity contribution in [3.8, 4) is 0 Å². The molecule has 1 aliphatic carbocycles. The van der Waals surface area contributed by atoms with E-state index < -0.39 is 5.91 Å². The number of nitrogens with zero attached hydrogens (tertiary/aromatic N) is 4. The van der Waals surface area contributed by atoms with Crippen molar-refractivity contribution in [3.63, 3.8) is 0 Å². The smallest absolute Gasteiger partial charge is 0.242 e. The van der Waals surface area contributed by atoms with Crippen molar-refractivity contribution in [1.82, 2.24) is 4.57 Å². The molecule has 0 N–H and O–H groups in total. The highest BCUT2D eigenvalue weighted by Crippen LogP contribution is 2.37. The second-order valence-corrected chi connectivity index (χ2v) is 5.74. The van der Waals surface area contributed by atoms with E-state index in [1.807, 2.05) is 12.3 Å². The normalized spacial score (nSPS) is 22.6. The van der Waals surface area contributed by atoms with Crippen molar-refractivity contribution >= 4 is 27.9 Å². The van der Waals surface area contributed by atoms with E-state index in [-0.39, 0.29) is 0 Å². The largest absolute Gasteiger partial charge is 0.343 e. The minimum Gasteiger partial charge on any atom is -0.343 e. The summed E-state index contributed by atoms with van der Waals surface area (Å²) in [7, 11) is 0. The Morgan fingerprint density at radius 2 is 2.42 bits per heavy atom. The zero-order chi connectivity index (χ0) is 13.8. The summed E-state index contributed by atoms with van der Waals surface area (Å²) in [6, 6.07) is 2.44. The molecule has 1 aliphatic rings. The minimum absolute atomic E-state index is 0.473. The van der Waals surface area contributed by atoms with Gasteiger partial charge in [0, 0.05) is 27.3 Å². The van der Waals surface area contributed by atoms with Crippen LogP contribution in [0.4, 0.5) is 0 Å². The lowest BCUT2D eigenvalue weighted by molar-refractivity contribution is -0.113. The van der Waals surface area contributed by atoms with Gasteiger partial charge in [0.05, 0.1) is 0 Å². The average Bonchev–Trinajstić information content (AvgIpc) is 2.93. The van der Waals surface area contributed by atoms with Crippen LogP contribution in [0.3, 0.4) is 0 Å². The fourth-order valence-corrected chi connectivity index (χ4v) is 3.11. The Bertz CT molecular complexity index is 557. The zero-order valence-corrected chi connectivity index (χ0v) is 12.2. The molecule has 0 aliphatic heterocycles. The Kier molecular flexibility index (Phi) is 4.45. The van der Waals surface area contributed by atoms with Gasteiger partial charge in [-0.15, -0.1) is 0 Å². The predicted molar refractivity (Wildman–Crippen MR) is 77.4 cm³/mol. The first-order chi connectivity index (χ1) is 9.11. The second-order valence-electron chi connectivity index (χ2n) is 4.83. The molecule has 0 saturated heterocycles. The van der Waals surface area contributed by atoms with Gasteiger partial charge < -0.3 is 4.57 Å². The second kappa shape index (κ2) is 6.08. The van der Waals surface area contributed by atoms with Crippen LogP contribution >= 0.6 is 15.9 Å². The molecule has 100 valence electrons. The summed E-state index contributed by atoms with van der Waals surface area (Å²) in [5, 5.41) is 3.02. The van der Waals surface area contributed by atoms with Gasteiger partial charge in [-0.1, -0.05) is 13.3 Å². The minimum atomic E-state index is -0.578. The lowest BCUT2D eigenvalue weighted by Crippen LogP contribution is -2.11. The van der Waals surface area contributed by atoms with Crippen molar-refractivity contribution in [3.05, 3.63) is 38.9 Å². The summed E-state index contributed by atoms with van der Waals surface area (Å²) in [5.74, 6) is 0.0603. The first-order valence-corrected chi connectivity index (χ1v) is 7.05. The fourth-order valence-electron chi connectivity index (χ4n) is 2.66. The summed E-state index contributed by atoms with van der Waals surface area (Å²) in [6.45, 7) is 2.25. The maximum absolute atomic E-state index is 11.2. The van der Waals surface area contributed by atoms with Crippen LogP contribution in [0.25, 0.3) is 16.5 Å². The maximum Gasteiger partial charge on any atom is 0.242 e. The molecular formula is C13H15BrN4O. The summed E-state index contributed by atoms with van der Waals surface area (Å²) in [4.78, 5) is 13.7. The topological polar surface area (TPSA) is 70.8 Å². The molecule has 1 saturated carbocycles. The monoisotopic (exact) mass is 322 g/mol. The SMILES string of the molecule is C[C@H]1CCC[C@H]1n1cc(Br)cc1C=CC(=O)N=[N+]=[N-]. The maximum atomic E-state index is 11.2. The van der Waals surface area contributed by atoms with E-state index in [0.717, 1.165) is 16.6 Å². The van der Waals surface area contributed by atoms with Crippen molar-refractivity contribution in [2.24, 2.45) is 11.0 Å². The van der Waals surface area contributed by atoms with E-state index in [9.17, 15) is 4.79 Å². The molecule has 1 aromatic heterocycles. The van der Waals surface area contributed by atoms with Gasteiger partial charge in [0.2, 0.25) is 5.91 Å². The molecule has 0 aromatic carbocycles.